The van der Waals surface area contributed by atoms with E-state index >= 15 is 0 Å². The van der Waals surface area contributed by atoms with Crippen LogP contribution in [0.25, 0.3) is 0 Å². The van der Waals surface area contributed by atoms with Crippen molar-refractivity contribution >= 4 is 28.8 Å². The van der Waals surface area contributed by atoms with Crippen LogP contribution in [0.15, 0.2) is 0 Å². The highest BCUT2D eigenvalue weighted by Crippen LogP contribution is 1.92. The Balaban J connectivity index is 3.99. The molecule has 2 amide bonds. The average Bonchev–Trinajstić information content (AvgIpc) is 2.22. The Bertz CT molecular complexity index is 346. The SMILES string of the molecule is CS(=O)CCCNC(=O)NC(CC(=O)O)C(=O)O. The van der Waals surface area contributed by atoms with Gasteiger partial charge in [0.1, 0.15) is 6.04 Å². The van der Waals surface area contributed by atoms with E-state index in [0.29, 0.717) is 12.2 Å². The molecule has 18 heavy (non-hydrogen) atoms. The molecule has 0 radical (unpaired) electrons. The van der Waals surface area contributed by atoms with Gasteiger partial charge in [-0.25, -0.2) is 9.59 Å². The summed E-state index contributed by atoms with van der Waals surface area (Å²) in [6, 6.07) is -2.23. The summed E-state index contributed by atoms with van der Waals surface area (Å²) in [4.78, 5) is 32.2. The van der Waals surface area contributed by atoms with Gasteiger partial charge in [-0.2, -0.15) is 0 Å². The summed E-state index contributed by atoms with van der Waals surface area (Å²) >= 11 is 0. The molecule has 4 N–H and O–H groups in total. The summed E-state index contributed by atoms with van der Waals surface area (Å²) < 4.78 is 10.7. The van der Waals surface area contributed by atoms with Crippen molar-refractivity contribution in [2.45, 2.75) is 18.9 Å². The Labute approximate surface area is 106 Å². The second-order valence-electron chi connectivity index (χ2n) is 3.52. The number of rotatable bonds is 8. The largest absolute Gasteiger partial charge is 0.481 e. The van der Waals surface area contributed by atoms with E-state index < -0.39 is 41.2 Å². The number of aliphatic carboxylic acids is 2. The number of urea groups is 1. The molecule has 0 aliphatic carbocycles. The van der Waals surface area contributed by atoms with Gasteiger partial charge in [0.25, 0.3) is 0 Å². The molecule has 9 heteroatoms. The molecule has 0 aliphatic heterocycles. The number of nitrogens with one attached hydrogen (secondary N) is 2. The first-order chi connectivity index (χ1) is 8.32. The standard InChI is InChI=1S/C9H16N2O6S/c1-18(17)4-2-3-10-9(16)11-6(8(14)15)5-7(12)13/h6H,2-5H2,1H3,(H,12,13)(H,14,15)(H2,10,11,16). The Morgan fingerprint density at radius 1 is 1.28 bits per heavy atom. The first-order valence-electron chi connectivity index (χ1n) is 5.12. The van der Waals surface area contributed by atoms with E-state index in [4.69, 9.17) is 10.2 Å². The second-order valence-corrected chi connectivity index (χ2v) is 5.07. The zero-order chi connectivity index (χ0) is 14.1. The molecule has 0 aromatic carbocycles. The molecule has 0 spiro atoms. The van der Waals surface area contributed by atoms with Crippen molar-refractivity contribution in [3.05, 3.63) is 0 Å². The van der Waals surface area contributed by atoms with Crippen molar-refractivity contribution in [2.24, 2.45) is 0 Å². The van der Waals surface area contributed by atoms with Gasteiger partial charge in [-0.1, -0.05) is 0 Å². The van der Waals surface area contributed by atoms with Gasteiger partial charge in [-0.05, 0) is 6.42 Å². The Morgan fingerprint density at radius 2 is 1.89 bits per heavy atom. The zero-order valence-electron chi connectivity index (χ0n) is 9.84. The van der Waals surface area contributed by atoms with Crippen LogP contribution in [-0.2, 0) is 20.4 Å². The maximum absolute atomic E-state index is 11.2. The molecule has 0 rings (SSSR count). The Kier molecular flexibility index (Phi) is 7.68. The molecule has 0 bridgehead atoms. The molecule has 2 atom stereocenters. The summed E-state index contributed by atoms with van der Waals surface area (Å²) in [5.41, 5.74) is 0. The van der Waals surface area contributed by atoms with Crippen LogP contribution in [0.1, 0.15) is 12.8 Å². The average molecular weight is 280 g/mol. The van der Waals surface area contributed by atoms with E-state index in [1.54, 1.807) is 0 Å². The minimum absolute atomic E-state index is 0.241. The minimum Gasteiger partial charge on any atom is -0.481 e. The first-order valence-corrected chi connectivity index (χ1v) is 6.84. The molecule has 2 unspecified atom stereocenters. The van der Waals surface area contributed by atoms with Crippen LogP contribution >= 0.6 is 0 Å². The number of hydrogen-bond donors (Lipinski definition) is 4. The molecule has 8 nitrogen and oxygen atoms in total. The third-order valence-electron chi connectivity index (χ3n) is 1.88. The third kappa shape index (κ3) is 8.50. The molecular formula is C9H16N2O6S. The van der Waals surface area contributed by atoms with Crippen LogP contribution in [-0.4, -0.2) is 57.0 Å². The van der Waals surface area contributed by atoms with E-state index in [0.717, 1.165) is 0 Å². The first kappa shape index (κ1) is 16.4. The lowest BCUT2D eigenvalue weighted by atomic mass is 10.2. The number of carboxylic acid groups (broad SMARTS) is 2. The van der Waals surface area contributed by atoms with E-state index in [1.165, 1.54) is 6.26 Å². The van der Waals surface area contributed by atoms with E-state index in [-0.39, 0.29) is 6.54 Å². The van der Waals surface area contributed by atoms with Crippen LogP contribution in [0.4, 0.5) is 4.79 Å². The molecule has 0 saturated heterocycles. The fourth-order valence-electron chi connectivity index (χ4n) is 1.06. The van der Waals surface area contributed by atoms with Gasteiger partial charge >= 0.3 is 18.0 Å². The highest BCUT2D eigenvalue weighted by molar-refractivity contribution is 7.84. The number of carbonyl (C=O) groups is 3. The van der Waals surface area contributed by atoms with Crippen LogP contribution in [0.2, 0.25) is 0 Å². The van der Waals surface area contributed by atoms with Crippen molar-refractivity contribution < 1.29 is 28.8 Å². The molecule has 104 valence electrons. The molecule has 0 saturated carbocycles. The van der Waals surface area contributed by atoms with Gasteiger partial charge in [-0.15, -0.1) is 0 Å². The number of carboxylic acids is 2. The maximum Gasteiger partial charge on any atom is 0.326 e. The van der Waals surface area contributed by atoms with Crippen LogP contribution in [0.3, 0.4) is 0 Å². The molecular weight excluding hydrogens is 264 g/mol. The van der Waals surface area contributed by atoms with Crippen molar-refractivity contribution in [3.8, 4) is 0 Å². The quantitative estimate of drug-likeness (QED) is 0.421. The van der Waals surface area contributed by atoms with Gasteiger partial charge < -0.3 is 20.8 Å². The predicted molar refractivity (Wildman–Crippen MR) is 63.8 cm³/mol. The Hall–Kier alpha value is -1.64. The highest BCUT2D eigenvalue weighted by Gasteiger charge is 2.22. The molecule has 0 heterocycles. The third-order valence-corrected chi connectivity index (χ3v) is 2.74. The normalized spacial score (nSPS) is 13.4. The number of carbonyl (C=O) groups excluding carboxylic acids is 1. The van der Waals surface area contributed by atoms with Crippen molar-refractivity contribution in [1.82, 2.24) is 10.6 Å². The van der Waals surface area contributed by atoms with Crippen molar-refractivity contribution in [1.29, 1.82) is 0 Å². The van der Waals surface area contributed by atoms with Crippen molar-refractivity contribution in [3.63, 3.8) is 0 Å². The van der Waals surface area contributed by atoms with Gasteiger partial charge in [0, 0.05) is 29.4 Å². The lowest BCUT2D eigenvalue weighted by Crippen LogP contribution is -2.47. The van der Waals surface area contributed by atoms with Crippen molar-refractivity contribution in [2.75, 3.05) is 18.6 Å². The predicted octanol–water partition coefficient (Wildman–Crippen LogP) is -1.02. The van der Waals surface area contributed by atoms with E-state index in [9.17, 15) is 18.6 Å². The molecule has 0 fully saturated rings. The summed E-state index contributed by atoms with van der Waals surface area (Å²) in [5, 5.41) is 21.5. The summed E-state index contributed by atoms with van der Waals surface area (Å²) in [5.74, 6) is -2.30. The molecule has 0 aromatic rings. The number of amides is 2. The molecule has 0 aromatic heterocycles. The fourth-order valence-corrected chi connectivity index (χ4v) is 1.61. The van der Waals surface area contributed by atoms with Gasteiger partial charge in [0.05, 0.1) is 6.42 Å². The topological polar surface area (TPSA) is 133 Å². The van der Waals surface area contributed by atoms with E-state index in [2.05, 4.69) is 5.32 Å². The fraction of sp³-hybridized carbons (Fsp3) is 0.667. The Morgan fingerprint density at radius 3 is 2.33 bits per heavy atom. The summed E-state index contributed by atoms with van der Waals surface area (Å²) in [6.07, 6.45) is 1.34. The second kappa shape index (κ2) is 8.45. The van der Waals surface area contributed by atoms with E-state index in [1.807, 2.05) is 5.32 Å². The minimum atomic E-state index is -1.47. The van der Waals surface area contributed by atoms with Gasteiger partial charge in [0.2, 0.25) is 0 Å². The van der Waals surface area contributed by atoms with Gasteiger partial charge in [0.15, 0.2) is 0 Å². The highest BCUT2D eigenvalue weighted by atomic mass is 32.2. The summed E-state index contributed by atoms with van der Waals surface area (Å²) in [7, 11) is -0.950. The zero-order valence-corrected chi connectivity index (χ0v) is 10.7. The monoisotopic (exact) mass is 280 g/mol. The lowest BCUT2D eigenvalue weighted by molar-refractivity contribution is -0.145. The van der Waals surface area contributed by atoms with Crippen LogP contribution in [0.5, 0.6) is 0 Å². The van der Waals surface area contributed by atoms with Gasteiger partial charge in [-0.3, -0.25) is 9.00 Å². The maximum atomic E-state index is 11.2. The number of hydrogen-bond acceptors (Lipinski definition) is 4. The lowest BCUT2D eigenvalue weighted by Gasteiger charge is -2.13. The van der Waals surface area contributed by atoms with Crippen LogP contribution in [0, 0.1) is 0 Å². The smallest absolute Gasteiger partial charge is 0.326 e. The molecule has 0 aliphatic rings. The summed E-state index contributed by atoms with van der Waals surface area (Å²) in [6.45, 7) is 0.241. The van der Waals surface area contributed by atoms with Crippen LogP contribution < -0.4 is 10.6 Å².